The Morgan fingerprint density at radius 3 is 2.72 bits per heavy atom. The molecule has 3 rings (SSSR count). The van der Waals surface area contributed by atoms with E-state index in [0.717, 1.165) is 45.4 Å². The minimum Gasteiger partial charge on any atom is -0.340 e. The Kier molecular flexibility index (Phi) is 5.82. The van der Waals surface area contributed by atoms with Crippen molar-refractivity contribution in [3.05, 3.63) is 12.7 Å². The molecule has 1 atom stereocenters. The van der Waals surface area contributed by atoms with Gasteiger partial charge < -0.3 is 9.80 Å². The Morgan fingerprint density at radius 1 is 1.24 bits per heavy atom. The van der Waals surface area contributed by atoms with Gasteiger partial charge in [-0.1, -0.05) is 18.9 Å². The van der Waals surface area contributed by atoms with Crippen LogP contribution in [0, 0.1) is 5.92 Å². The number of carbonyl (C=O) groups is 2. The van der Waals surface area contributed by atoms with Crippen LogP contribution in [0.25, 0.3) is 0 Å². The number of likely N-dealkylation sites (tertiary alicyclic amines) is 1. The van der Waals surface area contributed by atoms with E-state index in [1.165, 1.54) is 25.7 Å². The number of hydrogen-bond acceptors (Lipinski definition) is 3. The second kappa shape index (κ2) is 7.90. The number of hydrogen-bond donors (Lipinski definition) is 0. The van der Waals surface area contributed by atoms with Crippen molar-refractivity contribution >= 4 is 11.8 Å². The SMILES string of the molecule is C=CCN1CCC2(CCC1=O)CN(C(=O)CC1CCCC1)CCN2C. The summed E-state index contributed by atoms with van der Waals surface area (Å²) in [7, 11) is 2.16. The monoisotopic (exact) mass is 347 g/mol. The van der Waals surface area contributed by atoms with Crippen molar-refractivity contribution in [3.63, 3.8) is 0 Å². The smallest absolute Gasteiger partial charge is 0.222 e. The van der Waals surface area contributed by atoms with Crippen LogP contribution in [0.15, 0.2) is 12.7 Å². The first-order valence-electron chi connectivity index (χ1n) is 9.92. The third-order valence-electron chi connectivity index (χ3n) is 6.64. The van der Waals surface area contributed by atoms with Gasteiger partial charge in [-0.15, -0.1) is 6.58 Å². The lowest BCUT2D eigenvalue weighted by atomic mass is 9.86. The second-order valence-corrected chi connectivity index (χ2v) is 8.19. The molecule has 0 N–H and O–H groups in total. The number of nitrogens with zero attached hydrogens (tertiary/aromatic N) is 3. The standard InChI is InChI=1S/C20H33N3O2/c1-3-11-22-12-10-20(9-8-18(22)24)16-23(14-13-21(20)2)19(25)15-17-6-4-5-7-17/h3,17H,1,4-16H2,2H3. The summed E-state index contributed by atoms with van der Waals surface area (Å²) < 4.78 is 0. The molecule has 3 fully saturated rings. The highest BCUT2D eigenvalue weighted by atomic mass is 16.2. The van der Waals surface area contributed by atoms with Crippen LogP contribution in [-0.2, 0) is 9.59 Å². The van der Waals surface area contributed by atoms with Crippen LogP contribution in [0.5, 0.6) is 0 Å². The quantitative estimate of drug-likeness (QED) is 0.733. The lowest BCUT2D eigenvalue weighted by Crippen LogP contribution is -2.62. The van der Waals surface area contributed by atoms with E-state index < -0.39 is 0 Å². The van der Waals surface area contributed by atoms with E-state index in [1.807, 2.05) is 4.90 Å². The second-order valence-electron chi connectivity index (χ2n) is 8.19. The van der Waals surface area contributed by atoms with E-state index in [1.54, 1.807) is 6.08 Å². The number of likely N-dealkylation sites (N-methyl/N-ethyl adjacent to an activating group) is 1. The van der Waals surface area contributed by atoms with Gasteiger partial charge in [-0.2, -0.15) is 0 Å². The van der Waals surface area contributed by atoms with E-state index in [-0.39, 0.29) is 11.4 Å². The molecular weight excluding hydrogens is 314 g/mol. The van der Waals surface area contributed by atoms with Crippen molar-refractivity contribution < 1.29 is 9.59 Å². The van der Waals surface area contributed by atoms with E-state index >= 15 is 0 Å². The van der Waals surface area contributed by atoms with Crippen molar-refractivity contribution in [2.75, 3.05) is 39.8 Å². The molecule has 2 amide bonds. The summed E-state index contributed by atoms with van der Waals surface area (Å²) >= 11 is 0. The molecule has 2 heterocycles. The molecule has 1 saturated carbocycles. The first-order chi connectivity index (χ1) is 12.0. The molecule has 1 unspecified atom stereocenters. The van der Waals surface area contributed by atoms with Crippen LogP contribution in [0.2, 0.25) is 0 Å². The normalized spacial score (nSPS) is 29.2. The molecule has 0 bridgehead atoms. The van der Waals surface area contributed by atoms with Crippen LogP contribution < -0.4 is 0 Å². The molecule has 5 nitrogen and oxygen atoms in total. The summed E-state index contributed by atoms with van der Waals surface area (Å²) in [5, 5.41) is 0. The fraction of sp³-hybridized carbons (Fsp3) is 0.800. The third kappa shape index (κ3) is 4.08. The van der Waals surface area contributed by atoms with Gasteiger partial charge in [0.25, 0.3) is 0 Å². The highest BCUT2D eigenvalue weighted by Crippen LogP contribution is 2.33. The highest BCUT2D eigenvalue weighted by molar-refractivity contribution is 5.78. The zero-order valence-electron chi connectivity index (χ0n) is 15.7. The van der Waals surface area contributed by atoms with Gasteiger partial charge in [-0.3, -0.25) is 14.5 Å². The molecule has 2 aliphatic heterocycles. The van der Waals surface area contributed by atoms with E-state index in [0.29, 0.717) is 24.8 Å². The lowest BCUT2D eigenvalue weighted by molar-refractivity contribution is -0.137. The number of amides is 2. The van der Waals surface area contributed by atoms with Gasteiger partial charge in [0.05, 0.1) is 0 Å². The van der Waals surface area contributed by atoms with E-state index in [4.69, 9.17) is 0 Å². The Labute approximate surface area is 152 Å². The summed E-state index contributed by atoms with van der Waals surface area (Å²) in [6, 6.07) is 0. The van der Waals surface area contributed by atoms with Gasteiger partial charge in [-0.05, 0) is 38.6 Å². The largest absolute Gasteiger partial charge is 0.340 e. The Balaban J connectivity index is 1.66. The van der Waals surface area contributed by atoms with Crippen molar-refractivity contribution in [1.29, 1.82) is 0 Å². The average molecular weight is 348 g/mol. The molecule has 1 spiro atoms. The summed E-state index contributed by atoms with van der Waals surface area (Å²) in [5.74, 6) is 1.15. The minimum absolute atomic E-state index is 0.0465. The van der Waals surface area contributed by atoms with Gasteiger partial charge in [0.15, 0.2) is 0 Å². The molecule has 140 valence electrons. The van der Waals surface area contributed by atoms with Crippen LogP contribution in [0.4, 0.5) is 0 Å². The third-order valence-corrected chi connectivity index (χ3v) is 6.64. The van der Waals surface area contributed by atoms with Gasteiger partial charge in [0.1, 0.15) is 0 Å². The number of piperazine rings is 1. The molecule has 0 aromatic heterocycles. The van der Waals surface area contributed by atoms with Gasteiger partial charge in [0, 0.05) is 51.1 Å². The van der Waals surface area contributed by atoms with Crippen LogP contribution >= 0.6 is 0 Å². The van der Waals surface area contributed by atoms with Crippen molar-refractivity contribution in [1.82, 2.24) is 14.7 Å². The van der Waals surface area contributed by atoms with Gasteiger partial charge in [-0.25, -0.2) is 0 Å². The fourth-order valence-electron chi connectivity index (χ4n) is 4.85. The fourth-order valence-corrected chi connectivity index (χ4v) is 4.85. The predicted octanol–water partition coefficient (Wildman–Crippen LogP) is 2.28. The van der Waals surface area contributed by atoms with E-state index in [2.05, 4.69) is 23.4 Å². The molecule has 0 radical (unpaired) electrons. The molecule has 3 aliphatic rings. The number of carbonyl (C=O) groups excluding carboxylic acids is 2. The maximum atomic E-state index is 12.8. The topological polar surface area (TPSA) is 43.9 Å². The Morgan fingerprint density at radius 2 is 2.00 bits per heavy atom. The molecular formula is C20H33N3O2. The predicted molar refractivity (Wildman–Crippen MR) is 99.1 cm³/mol. The summed E-state index contributed by atoms with van der Waals surface area (Å²) in [4.78, 5) is 31.6. The highest BCUT2D eigenvalue weighted by Gasteiger charge is 2.43. The zero-order valence-corrected chi connectivity index (χ0v) is 15.7. The van der Waals surface area contributed by atoms with Gasteiger partial charge in [0.2, 0.25) is 11.8 Å². The Hall–Kier alpha value is -1.36. The molecule has 2 saturated heterocycles. The maximum Gasteiger partial charge on any atom is 0.222 e. The lowest BCUT2D eigenvalue weighted by Gasteiger charge is -2.49. The van der Waals surface area contributed by atoms with Crippen LogP contribution in [-0.4, -0.2) is 71.8 Å². The Bertz CT molecular complexity index is 515. The molecule has 0 aromatic carbocycles. The summed E-state index contributed by atoms with van der Waals surface area (Å²) in [6.45, 7) is 7.68. The first-order valence-corrected chi connectivity index (χ1v) is 9.92. The van der Waals surface area contributed by atoms with Gasteiger partial charge >= 0.3 is 0 Å². The summed E-state index contributed by atoms with van der Waals surface area (Å²) in [6.07, 6.45) is 9.89. The van der Waals surface area contributed by atoms with Crippen molar-refractivity contribution in [2.45, 2.75) is 56.9 Å². The van der Waals surface area contributed by atoms with E-state index in [9.17, 15) is 9.59 Å². The molecule has 5 heteroatoms. The number of rotatable bonds is 4. The van der Waals surface area contributed by atoms with Crippen LogP contribution in [0.3, 0.4) is 0 Å². The average Bonchev–Trinajstić information content (AvgIpc) is 3.06. The zero-order chi connectivity index (χ0) is 17.9. The summed E-state index contributed by atoms with van der Waals surface area (Å²) in [5.41, 5.74) is -0.0465. The first kappa shape index (κ1) is 18.4. The molecule has 25 heavy (non-hydrogen) atoms. The maximum absolute atomic E-state index is 12.8. The van der Waals surface area contributed by atoms with Crippen molar-refractivity contribution in [3.8, 4) is 0 Å². The molecule has 1 aliphatic carbocycles. The van der Waals surface area contributed by atoms with Crippen molar-refractivity contribution in [2.24, 2.45) is 5.92 Å². The minimum atomic E-state index is -0.0465. The van der Waals surface area contributed by atoms with Crippen LogP contribution in [0.1, 0.15) is 51.4 Å². The molecule has 0 aromatic rings.